The third kappa shape index (κ3) is 2.83. The molecule has 17 heavy (non-hydrogen) atoms. The van der Waals surface area contributed by atoms with E-state index in [1.54, 1.807) is 0 Å². The Kier molecular flexibility index (Phi) is 3.43. The van der Waals surface area contributed by atoms with Crippen LogP contribution >= 0.6 is 0 Å². The maximum atomic E-state index is 12.1. The number of rotatable bonds is 3. The Labute approximate surface area is 103 Å². The van der Waals surface area contributed by atoms with Gasteiger partial charge in [0.1, 0.15) is 5.78 Å². The van der Waals surface area contributed by atoms with E-state index in [1.165, 1.54) is 11.1 Å². The van der Waals surface area contributed by atoms with Crippen LogP contribution in [0.2, 0.25) is 0 Å². The molecule has 90 valence electrons. The summed E-state index contributed by atoms with van der Waals surface area (Å²) < 4.78 is 0. The molecule has 0 saturated carbocycles. The third-order valence-electron chi connectivity index (χ3n) is 3.40. The number of aryl methyl sites for hydroxylation is 2. The van der Waals surface area contributed by atoms with E-state index < -0.39 is 0 Å². The fourth-order valence-corrected chi connectivity index (χ4v) is 2.28. The second kappa shape index (κ2) is 4.84. The molecule has 0 spiro atoms. The highest BCUT2D eigenvalue weighted by Gasteiger charge is 2.22. The van der Waals surface area contributed by atoms with Crippen molar-refractivity contribution >= 4 is 5.78 Å². The highest BCUT2D eigenvalue weighted by atomic mass is 16.1. The summed E-state index contributed by atoms with van der Waals surface area (Å²) in [6, 6.07) is 6.32. The molecular weight excluding hydrogens is 210 g/mol. The van der Waals surface area contributed by atoms with Crippen molar-refractivity contribution in [3.8, 4) is 0 Å². The average molecular weight is 229 g/mol. The van der Waals surface area contributed by atoms with Gasteiger partial charge in [-0.05, 0) is 31.4 Å². The molecule has 0 fully saturated rings. The molecule has 1 aliphatic rings. The number of ketones is 1. The van der Waals surface area contributed by atoms with Gasteiger partial charge in [0, 0.05) is 18.4 Å². The highest BCUT2D eigenvalue weighted by Crippen LogP contribution is 2.20. The smallest absolute Gasteiger partial charge is 0.144 e. The van der Waals surface area contributed by atoms with Gasteiger partial charge in [0.05, 0.1) is 0 Å². The predicted octanol–water partition coefficient (Wildman–Crippen LogP) is 2.32. The van der Waals surface area contributed by atoms with Gasteiger partial charge in [-0.15, -0.1) is 0 Å². The molecule has 0 radical (unpaired) electrons. The van der Waals surface area contributed by atoms with Crippen LogP contribution in [0.3, 0.4) is 0 Å². The first-order valence-electron chi connectivity index (χ1n) is 6.09. The van der Waals surface area contributed by atoms with Gasteiger partial charge in [-0.3, -0.25) is 4.79 Å². The Morgan fingerprint density at radius 1 is 1.35 bits per heavy atom. The van der Waals surface area contributed by atoms with E-state index >= 15 is 0 Å². The summed E-state index contributed by atoms with van der Waals surface area (Å²) in [5, 5.41) is 0. The fourth-order valence-electron chi connectivity index (χ4n) is 2.28. The summed E-state index contributed by atoms with van der Waals surface area (Å²) in [5.41, 5.74) is 9.31. The lowest BCUT2D eigenvalue weighted by Gasteiger charge is -2.10. The maximum absolute atomic E-state index is 12.1. The van der Waals surface area contributed by atoms with Crippen LogP contribution in [0, 0.1) is 19.8 Å². The number of allylic oxidation sites excluding steroid dienone is 1. The van der Waals surface area contributed by atoms with Gasteiger partial charge in [0.15, 0.2) is 0 Å². The first-order chi connectivity index (χ1) is 8.06. The lowest BCUT2D eigenvalue weighted by molar-refractivity contribution is -0.120. The Hall–Kier alpha value is -1.41. The van der Waals surface area contributed by atoms with Crippen LogP contribution in [0.15, 0.2) is 30.4 Å². The van der Waals surface area contributed by atoms with E-state index in [9.17, 15) is 4.79 Å². The number of hydrogen-bond donors (Lipinski definition) is 1. The van der Waals surface area contributed by atoms with Gasteiger partial charge in [0.25, 0.3) is 0 Å². The largest absolute Gasteiger partial charge is 0.324 e. The lowest BCUT2D eigenvalue weighted by atomic mass is 9.94. The van der Waals surface area contributed by atoms with Gasteiger partial charge in [-0.25, -0.2) is 0 Å². The normalized spacial score (nSPS) is 23.0. The van der Waals surface area contributed by atoms with Crippen molar-refractivity contribution in [2.45, 2.75) is 32.7 Å². The number of benzene rings is 1. The van der Waals surface area contributed by atoms with E-state index in [0.717, 1.165) is 12.0 Å². The maximum Gasteiger partial charge on any atom is 0.144 e. The summed E-state index contributed by atoms with van der Waals surface area (Å²) in [6.07, 6.45) is 5.18. The average Bonchev–Trinajstić information content (AvgIpc) is 2.70. The molecule has 2 unspecified atom stereocenters. The van der Waals surface area contributed by atoms with Crippen LogP contribution in [0.1, 0.15) is 23.1 Å². The highest BCUT2D eigenvalue weighted by molar-refractivity contribution is 5.85. The van der Waals surface area contributed by atoms with Crippen LogP contribution in [0.4, 0.5) is 0 Å². The predicted molar refractivity (Wildman–Crippen MR) is 69.8 cm³/mol. The number of carbonyl (C=O) groups excluding carboxylic acids is 1. The first kappa shape index (κ1) is 12.1. The Balaban J connectivity index is 2.08. The molecule has 0 bridgehead atoms. The number of nitrogens with two attached hydrogens (primary N) is 1. The summed E-state index contributed by atoms with van der Waals surface area (Å²) >= 11 is 0. The van der Waals surface area contributed by atoms with Gasteiger partial charge < -0.3 is 5.73 Å². The van der Waals surface area contributed by atoms with Gasteiger partial charge in [-0.1, -0.05) is 35.9 Å². The SMILES string of the molecule is Cc1ccc(C)c(CC(=O)C2C=CC(N)C2)c1. The Morgan fingerprint density at radius 3 is 2.76 bits per heavy atom. The van der Waals surface area contributed by atoms with Crippen LogP contribution in [0.5, 0.6) is 0 Å². The zero-order valence-electron chi connectivity index (χ0n) is 10.4. The third-order valence-corrected chi connectivity index (χ3v) is 3.40. The van der Waals surface area contributed by atoms with Crippen LogP contribution < -0.4 is 5.73 Å². The molecule has 2 nitrogen and oxygen atoms in total. The monoisotopic (exact) mass is 229 g/mol. The Morgan fingerprint density at radius 2 is 2.12 bits per heavy atom. The molecule has 2 N–H and O–H groups in total. The molecule has 0 amide bonds. The summed E-state index contributed by atoms with van der Waals surface area (Å²) in [5.74, 6) is 0.299. The number of hydrogen-bond acceptors (Lipinski definition) is 2. The van der Waals surface area contributed by atoms with E-state index in [2.05, 4.69) is 32.0 Å². The molecule has 1 aliphatic carbocycles. The van der Waals surface area contributed by atoms with E-state index in [1.807, 2.05) is 12.2 Å². The zero-order chi connectivity index (χ0) is 12.4. The van der Waals surface area contributed by atoms with E-state index in [0.29, 0.717) is 6.42 Å². The fraction of sp³-hybridized carbons (Fsp3) is 0.400. The van der Waals surface area contributed by atoms with Crippen molar-refractivity contribution in [1.82, 2.24) is 0 Å². The summed E-state index contributed by atoms with van der Waals surface area (Å²) in [4.78, 5) is 12.1. The molecule has 0 aromatic heterocycles. The molecule has 1 aromatic carbocycles. The summed E-state index contributed by atoms with van der Waals surface area (Å²) in [7, 11) is 0. The molecule has 2 rings (SSSR count). The van der Waals surface area contributed by atoms with Gasteiger partial charge in [-0.2, -0.15) is 0 Å². The van der Waals surface area contributed by atoms with Crippen molar-refractivity contribution in [2.75, 3.05) is 0 Å². The van der Waals surface area contributed by atoms with Crippen molar-refractivity contribution in [1.29, 1.82) is 0 Å². The van der Waals surface area contributed by atoms with Crippen molar-refractivity contribution in [2.24, 2.45) is 11.7 Å². The molecule has 0 aliphatic heterocycles. The van der Waals surface area contributed by atoms with Gasteiger partial charge in [0.2, 0.25) is 0 Å². The minimum Gasteiger partial charge on any atom is -0.324 e. The molecule has 2 heteroatoms. The van der Waals surface area contributed by atoms with E-state index in [-0.39, 0.29) is 17.7 Å². The Bertz CT molecular complexity index is 462. The second-order valence-corrected chi connectivity index (χ2v) is 4.96. The van der Waals surface area contributed by atoms with Crippen LogP contribution in [-0.4, -0.2) is 11.8 Å². The number of Topliss-reactive ketones (excluding diaryl/α,β-unsaturated/α-hetero) is 1. The van der Waals surface area contributed by atoms with Crippen LogP contribution in [0.25, 0.3) is 0 Å². The summed E-state index contributed by atoms with van der Waals surface area (Å²) in [6.45, 7) is 4.11. The second-order valence-electron chi connectivity index (χ2n) is 4.96. The van der Waals surface area contributed by atoms with Crippen molar-refractivity contribution < 1.29 is 4.79 Å². The standard InChI is InChI=1S/C15H19NO/c1-10-3-4-11(2)13(7-10)9-15(17)12-5-6-14(16)8-12/h3-7,12,14H,8-9,16H2,1-2H3. The topological polar surface area (TPSA) is 43.1 Å². The quantitative estimate of drug-likeness (QED) is 0.808. The minimum atomic E-state index is 0.0184. The molecular formula is C15H19NO. The molecule has 1 aromatic rings. The van der Waals surface area contributed by atoms with Crippen molar-refractivity contribution in [3.05, 3.63) is 47.0 Å². The molecule has 0 heterocycles. The number of carbonyl (C=O) groups is 1. The van der Waals surface area contributed by atoms with Gasteiger partial charge >= 0.3 is 0 Å². The molecule has 2 atom stereocenters. The minimum absolute atomic E-state index is 0.0184. The van der Waals surface area contributed by atoms with Crippen LogP contribution in [-0.2, 0) is 11.2 Å². The van der Waals surface area contributed by atoms with Crippen molar-refractivity contribution in [3.63, 3.8) is 0 Å². The lowest BCUT2D eigenvalue weighted by Crippen LogP contribution is -2.20. The first-order valence-corrected chi connectivity index (χ1v) is 6.09. The zero-order valence-corrected chi connectivity index (χ0v) is 10.4. The molecule has 0 saturated heterocycles. The van der Waals surface area contributed by atoms with E-state index in [4.69, 9.17) is 5.73 Å².